The summed E-state index contributed by atoms with van der Waals surface area (Å²) in [5, 5.41) is 23.2. The minimum atomic E-state index is -1.27. The van der Waals surface area contributed by atoms with Gasteiger partial charge in [0.15, 0.2) is 6.04 Å². The van der Waals surface area contributed by atoms with E-state index >= 15 is 0 Å². The highest BCUT2D eigenvalue weighted by atomic mass is 35.5. The van der Waals surface area contributed by atoms with Gasteiger partial charge in [0.1, 0.15) is 18.8 Å². The fraction of sp³-hybridized carbons (Fsp3) is 0.878. The minimum Gasteiger partial charge on any atom is -1.00 e. The van der Waals surface area contributed by atoms with E-state index in [4.69, 9.17) is 14.6 Å². The van der Waals surface area contributed by atoms with Crippen molar-refractivity contribution in [3.8, 4) is 0 Å². The van der Waals surface area contributed by atoms with Crippen molar-refractivity contribution in [3.05, 3.63) is 0 Å². The molecule has 0 aliphatic carbocycles. The topological polar surface area (TPSA) is 213 Å². The lowest BCUT2D eigenvalue weighted by Gasteiger charge is -2.18. The average Bonchev–Trinajstić information content (AvgIpc) is 3.25. The maximum absolute atomic E-state index is 12.9. The molecule has 0 heterocycles. The Kier molecular flexibility index (Phi) is 46.6. The van der Waals surface area contributed by atoms with Crippen LogP contribution in [0, 0.1) is 0 Å². The van der Waals surface area contributed by atoms with Crippen LogP contribution in [0.2, 0.25) is 0 Å². The predicted octanol–water partition coefficient (Wildman–Crippen LogP) is 6.86. The Labute approximate surface area is 398 Å². The number of aliphatic carboxylic acids is 2. The molecule has 0 aliphatic rings. The van der Waals surface area contributed by atoms with E-state index in [1.807, 2.05) is 0 Å². The number of unbranched alkanes of at least 4 members (excludes halogenated alkanes) is 26. The maximum atomic E-state index is 12.9. The third-order valence-electron chi connectivity index (χ3n) is 11.4. The van der Waals surface area contributed by atoms with Gasteiger partial charge >= 0.3 is 23.9 Å². The van der Waals surface area contributed by atoms with Crippen LogP contribution in [0.1, 0.15) is 232 Å². The van der Waals surface area contributed by atoms with Crippen molar-refractivity contribution < 1.29 is 66.6 Å². The molecular formula is C49H92ClN3O10S. The fourth-order valence-corrected chi connectivity index (χ4v) is 8.34. The van der Waals surface area contributed by atoms with E-state index in [1.54, 1.807) is 0 Å². The van der Waals surface area contributed by atoms with Gasteiger partial charge < -0.3 is 48.5 Å². The number of esters is 2. The zero-order chi connectivity index (χ0) is 46.6. The smallest absolute Gasteiger partial charge is 0.326 e. The number of rotatable bonds is 47. The molecule has 7 N–H and O–H groups in total. The quantitative estimate of drug-likeness (QED) is 0.0314. The first kappa shape index (κ1) is 63.5. The summed E-state index contributed by atoms with van der Waals surface area (Å²) in [5.74, 6) is -2.90. The van der Waals surface area contributed by atoms with Crippen LogP contribution >= 0.6 is 11.8 Å². The minimum absolute atomic E-state index is 0. The van der Waals surface area contributed by atoms with E-state index in [0.717, 1.165) is 38.5 Å². The third-order valence-corrected chi connectivity index (χ3v) is 12.6. The molecule has 0 saturated heterocycles. The van der Waals surface area contributed by atoms with E-state index < -0.39 is 36.0 Å². The van der Waals surface area contributed by atoms with E-state index in [9.17, 15) is 33.9 Å². The highest BCUT2D eigenvalue weighted by Gasteiger charge is 2.22. The van der Waals surface area contributed by atoms with Gasteiger partial charge in [-0.25, -0.2) is 4.79 Å². The molecule has 15 heteroatoms. The molecule has 64 heavy (non-hydrogen) atoms. The summed E-state index contributed by atoms with van der Waals surface area (Å²) < 4.78 is 11.4. The Hall–Kier alpha value is -2.58. The fourth-order valence-electron chi connectivity index (χ4n) is 7.35. The number of thioether (sulfide) groups is 1. The molecule has 0 unspecified atom stereocenters. The third kappa shape index (κ3) is 43.3. The monoisotopic (exact) mass is 950 g/mol. The second-order valence-electron chi connectivity index (χ2n) is 17.5. The lowest BCUT2D eigenvalue weighted by molar-refractivity contribution is -0.396. The molecule has 0 aromatic rings. The average molecular weight is 951 g/mol. The van der Waals surface area contributed by atoms with E-state index in [2.05, 4.69) is 30.2 Å². The maximum Gasteiger partial charge on any atom is 0.326 e. The van der Waals surface area contributed by atoms with Crippen LogP contribution < -0.4 is 28.8 Å². The Morgan fingerprint density at radius 2 is 0.969 bits per heavy atom. The lowest BCUT2D eigenvalue weighted by atomic mass is 10.0. The number of hydrogen-bond acceptors (Lipinski definition) is 9. The summed E-state index contributed by atoms with van der Waals surface area (Å²) in [4.78, 5) is 72.4. The molecule has 13 nitrogen and oxygen atoms in total. The summed E-state index contributed by atoms with van der Waals surface area (Å²) in [5.41, 5.74) is 4.00. The first-order valence-electron chi connectivity index (χ1n) is 25.3. The summed E-state index contributed by atoms with van der Waals surface area (Å²) >= 11 is 1.43. The Bertz CT molecular complexity index is 1180. The largest absolute Gasteiger partial charge is 1.00 e. The summed E-state index contributed by atoms with van der Waals surface area (Å²) in [6, 6.07) is -1.80. The van der Waals surface area contributed by atoms with Gasteiger partial charge in [-0.2, -0.15) is 11.8 Å². The number of nitrogens with one attached hydrogen (secondary N) is 2. The van der Waals surface area contributed by atoms with Crippen LogP contribution in [0.4, 0.5) is 0 Å². The van der Waals surface area contributed by atoms with Crippen LogP contribution in [0.25, 0.3) is 0 Å². The Balaban J connectivity index is 0. The Morgan fingerprint density at radius 3 is 1.42 bits per heavy atom. The molecule has 0 rings (SSSR count). The standard InChI is InChI=1S/C49H91N3O10S.ClH/c1-3-5-7-9-11-13-15-17-19-21-23-25-29-33-46(56)61-38-41(62-47(57)34-30-26-24-22-20-18-16-14-12-10-8-6-4-2)39-63-40-42(50)48(58)51-37-31-27-28-32-44(53)52-43(49(59)60)35-36-45(54)55;/h41-43H,3-40,50H2,1-2H3,(H,51,58)(H,52,53)(H,54,55)(H,59,60);1H/t41-,42+,43+;/m1./s1. The van der Waals surface area contributed by atoms with E-state index in [0.29, 0.717) is 50.2 Å². The molecule has 2 amide bonds. The zero-order valence-corrected chi connectivity index (χ0v) is 41.8. The second-order valence-corrected chi connectivity index (χ2v) is 18.6. The van der Waals surface area contributed by atoms with Gasteiger partial charge in [-0.05, 0) is 32.1 Å². The van der Waals surface area contributed by atoms with Crippen molar-refractivity contribution in [1.29, 1.82) is 0 Å². The van der Waals surface area contributed by atoms with Crippen molar-refractivity contribution in [3.63, 3.8) is 0 Å². The molecule has 0 aromatic heterocycles. The second kappa shape index (κ2) is 46.9. The summed E-state index contributed by atoms with van der Waals surface area (Å²) in [6.45, 7) is 4.87. The molecule has 0 bridgehead atoms. The number of carboxylic acid groups (broad SMARTS) is 2. The van der Waals surface area contributed by atoms with Crippen LogP contribution in [0.15, 0.2) is 0 Å². The first-order chi connectivity index (χ1) is 30.5. The summed E-state index contributed by atoms with van der Waals surface area (Å²) in [7, 11) is 0. The van der Waals surface area contributed by atoms with Gasteiger partial charge in [0.25, 0.3) is 5.91 Å². The molecule has 0 radical (unpaired) electrons. The van der Waals surface area contributed by atoms with Crippen molar-refractivity contribution in [2.24, 2.45) is 0 Å². The molecule has 0 fully saturated rings. The van der Waals surface area contributed by atoms with Crippen LogP contribution in [-0.4, -0.2) is 88.7 Å². The van der Waals surface area contributed by atoms with Gasteiger partial charge in [0.05, 0.1) is 5.75 Å². The molecular weight excluding hydrogens is 858 g/mol. The number of carbonyl (C=O) groups excluding carboxylic acids is 4. The number of carbonyl (C=O) groups is 6. The predicted molar refractivity (Wildman–Crippen MR) is 253 cm³/mol. The van der Waals surface area contributed by atoms with Crippen molar-refractivity contribution in [2.75, 3.05) is 24.7 Å². The molecule has 3 atom stereocenters. The molecule has 0 saturated carbocycles. The molecule has 376 valence electrons. The van der Waals surface area contributed by atoms with Gasteiger partial charge in [0, 0.05) is 38.0 Å². The number of quaternary nitrogens is 1. The number of halogens is 1. The van der Waals surface area contributed by atoms with Crippen LogP contribution in [0.5, 0.6) is 0 Å². The van der Waals surface area contributed by atoms with Crippen LogP contribution in [-0.2, 0) is 38.2 Å². The number of ether oxygens (including phenoxy) is 2. The molecule has 0 aromatic carbocycles. The van der Waals surface area contributed by atoms with Gasteiger partial charge in [-0.15, -0.1) is 0 Å². The van der Waals surface area contributed by atoms with Gasteiger partial charge in [-0.3, -0.25) is 24.0 Å². The highest BCUT2D eigenvalue weighted by Crippen LogP contribution is 2.16. The van der Waals surface area contributed by atoms with Crippen LogP contribution in [0.3, 0.4) is 0 Å². The molecule has 0 spiro atoms. The Morgan fingerprint density at radius 1 is 0.547 bits per heavy atom. The summed E-state index contributed by atoms with van der Waals surface area (Å²) in [6.07, 6.45) is 33.2. The van der Waals surface area contributed by atoms with E-state index in [1.165, 1.54) is 140 Å². The SMILES string of the molecule is CCCCCCCCCCCCCCCC(=O)OC[C@H](CSC[C@H]([NH3+])C(=O)NCCCCCC(=O)N[C@@H](CCC(=O)O)C(=O)O)OC(=O)CCCCCCCCCCCCCCC.[Cl-]. The van der Waals surface area contributed by atoms with Crippen molar-refractivity contribution >= 4 is 47.5 Å². The first-order valence-corrected chi connectivity index (χ1v) is 26.4. The number of carboxylic acids is 2. The zero-order valence-electron chi connectivity index (χ0n) is 40.3. The van der Waals surface area contributed by atoms with Gasteiger partial charge in [0.2, 0.25) is 5.91 Å². The lowest BCUT2D eigenvalue weighted by Crippen LogP contribution is -3.00. The normalized spacial score (nSPS) is 12.4. The van der Waals surface area contributed by atoms with Crippen molar-refractivity contribution in [1.82, 2.24) is 10.6 Å². The number of hydrogen-bond donors (Lipinski definition) is 5. The number of amides is 2. The highest BCUT2D eigenvalue weighted by molar-refractivity contribution is 7.99. The van der Waals surface area contributed by atoms with Crippen molar-refractivity contribution in [2.45, 2.75) is 250 Å². The molecule has 0 aliphatic heterocycles. The van der Waals surface area contributed by atoms with E-state index in [-0.39, 0.29) is 56.1 Å². The van der Waals surface area contributed by atoms with Gasteiger partial charge in [-0.1, -0.05) is 174 Å².